The summed E-state index contributed by atoms with van der Waals surface area (Å²) in [6.07, 6.45) is 5.73. The van der Waals surface area contributed by atoms with Gasteiger partial charge in [-0.15, -0.1) is 0 Å². The van der Waals surface area contributed by atoms with E-state index in [1.54, 1.807) is 0 Å². The third-order valence-electron chi connectivity index (χ3n) is 5.16. The minimum absolute atomic E-state index is 0.0734. The molecule has 1 aliphatic rings. The topological polar surface area (TPSA) is 29.1 Å². The molecule has 2 aromatic carbocycles. The molecule has 2 heteroatoms. The highest BCUT2D eigenvalue weighted by atomic mass is 16.1. The van der Waals surface area contributed by atoms with Gasteiger partial charge in [-0.25, -0.2) is 0 Å². The highest BCUT2D eigenvalue weighted by Crippen LogP contribution is 2.29. The molecule has 0 spiro atoms. The van der Waals surface area contributed by atoms with Gasteiger partial charge in [0.2, 0.25) is 5.91 Å². The molecule has 3 rings (SSSR count). The minimum Gasteiger partial charge on any atom is -0.352 e. The van der Waals surface area contributed by atoms with Crippen molar-refractivity contribution in [3.8, 4) is 0 Å². The molecule has 1 N–H and O–H groups in total. The van der Waals surface area contributed by atoms with Gasteiger partial charge in [0.25, 0.3) is 0 Å². The average molecular weight is 321 g/mol. The Morgan fingerprint density at radius 2 is 1.38 bits per heavy atom. The Labute approximate surface area is 145 Å². The zero-order valence-corrected chi connectivity index (χ0v) is 14.4. The summed E-state index contributed by atoms with van der Waals surface area (Å²) in [5, 5.41) is 3.31. The van der Waals surface area contributed by atoms with Crippen LogP contribution in [0.5, 0.6) is 0 Å². The first-order valence-corrected chi connectivity index (χ1v) is 9.16. The van der Waals surface area contributed by atoms with Crippen molar-refractivity contribution in [2.24, 2.45) is 5.92 Å². The summed E-state index contributed by atoms with van der Waals surface area (Å²) in [6.45, 7) is 2.13. The van der Waals surface area contributed by atoms with Crippen LogP contribution in [0, 0.1) is 5.92 Å². The van der Waals surface area contributed by atoms with E-state index >= 15 is 0 Å². The van der Waals surface area contributed by atoms with Gasteiger partial charge in [0.1, 0.15) is 0 Å². The van der Waals surface area contributed by atoms with E-state index in [1.165, 1.54) is 30.4 Å². The van der Waals surface area contributed by atoms with Gasteiger partial charge >= 0.3 is 0 Å². The molecule has 2 aromatic rings. The number of carbonyl (C=O) groups is 1. The summed E-state index contributed by atoms with van der Waals surface area (Å²) in [5.41, 5.74) is 2.50. The van der Waals surface area contributed by atoms with Gasteiger partial charge in [0, 0.05) is 17.9 Å². The Morgan fingerprint density at radius 3 is 1.88 bits per heavy atom. The standard InChI is InChI=1S/C22H27NO/c1-17(23-22(24)20-15-9-4-10-16-20)21(18-11-5-2-6-12-18)19-13-7-3-8-14-19/h2-3,5-8,11-14,17,20-21H,4,9-10,15-16H2,1H3,(H,23,24). The van der Waals surface area contributed by atoms with Gasteiger partial charge in [-0.1, -0.05) is 79.9 Å². The van der Waals surface area contributed by atoms with Crippen LogP contribution in [0.25, 0.3) is 0 Å². The lowest BCUT2D eigenvalue weighted by atomic mass is 9.84. The average Bonchev–Trinajstić information content (AvgIpc) is 2.64. The molecule has 1 atom stereocenters. The molecule has 0 bridgehead atoms. The highest BCUT2D eigenvalue weighted by Gasteiger charge is 2.26. The van der Waals surface area contributed by atoms with E-state index in [9.17, 15) is 4.79 Å². The number of hydrogen-bond acceptors (Lipinski definition) is 1. The summed E-state index contributed by atoms with van der Waals surface area (Å²) in [4.78, 5) is 12.7. The first-order valence-electron chi connectivity index (χ1n) is 9.16. The molecule has 24 heavy (non-hydrogen) atoms. The summed E-state index contributed by atoms with van der Waals surface area (Å²) >= 11 is 0. The summed E-state index contributed by atoms with van der Waals surface area (Å²) < 4.78 is 0. The lowest BCUT2D eigenvalue weighted by molar-refractivity contribution is -0.126. The first-order chi connectivity index (χ1) is 11.8. The molecule has 126 valence electrons. The van der Waals surface area contributed by atoms with E-state index in [-0.39, 0.29) is 23.8 Å². The van der Waals surface area contributed by atoms with Gasteiger partial charge in [-0.3, -0.25) is 4.79 Å². The Balaban J connectivity index is 1.79. The van der Waals surface area contributed by atoms with Crippen molar-refractivity contribution in [2.45, 2.75) is 51.0 Å². The molecule has 1 fully saturated rings. The maximum Gasteiger partial charge on any atom is 0.223 e. The smallest absolute Gasteiger partial charge is 0.223 e. The lowest BCUT2D eigenvalue weighted by Crippen LogP contribution is -2.41. The number of nitrogens with one attached hydrogen (secondary N) is 1. The van der Waals surface area contributed by atoms with Gasteiger partial charge in [0.15, 0.2) is 0 Å². The predicted octanol–water partition coefficient (Wildman–Crippen LogP) is 4.90. The van der Waals surface area contributed by atoms with Gasteiger partial charge in [0.05, 0.1) is 0 Å². The SMILES string of the molecule is CC(NC(=O)C1CCCCC1)C(c1ccccc1)c1ccccc1. The Kier molecular flexibility index (Phi) is 5.68. The summed E-state index contributed by atoms with van der Waals surface area (Å²) in [7, 11) is 0. The Morgan fingerprint density at radius 1 is 0.875 bits per heavy atom. The third-order valence-corrected chi connectivity index (χ3v) is 5.16. The second-order valence-electron chi connectivity index (χ2n) is 6.93. The van der Waals surface area contributed by atoms with Crippen LogP contribution in [-0.4, -0.2) is 11.9 Å². The van der Waals surface area contributed by atoms with E-state index in [1.807, 2.05) is 12.1 Å². The number of carbonyl (C=O) groups excluding carboxylic acids is 1. The van der Waals surface area contributed by atoms with Crippen molar-refractivity contribution < 1.29 is 4.79 Å². The zero-order valence-electron chi connectivity index (χ0n) is 14.4. The molecule has 1 unspecified atom stereocenters. The number of hydrogen-bond donors (Lipinski definition) is 1. The molecule has 1 aliphatic carbocycles. The quantitative estimate of drug-likeness (QED) is 0.833. The van der Waals surface area contributed by atoms with Crippen LogP contribution in [-0.2, 0) is 4.79 Å². The largest absolute Gasteiger partial charge is 0.352 e. The Bertz CT molecular complexity index is 592. The maximum absolute atomic E-state index is 12.7. The van der Waals surface area contributed by atoms with Crippen LogP contribution in [0.4, 0.5) is 0 Å². The van der Waals surface area contributed by atoms with Crippen molar-refractivity contribution in [3.05, 3.63) is 71.8 Å². The molecule has 2 nitrogen and oxygen atoms in total. The van der Waals surface area contributed by atoms with Crippen molar-refractivity contribution in [1.82, 2.24) is 5.32 Å². The van der Waals surface area contributed by atoms with Crippen molar-refractivity contribution >= 4 is 5.91 Å². The van der Waals surface area contributed by atoms with Crippen LogP contribution in [0.3, 0.4) is 0 Å². The van der Waals surface area contributed by atoms with Crippen molar-refractivity contribution in [1.29, 1.82) is 0 Å². The van der Waals surface area contributed by atoms with Crippen LogP contribution >= 0.6 is 0 Å². The van der Waals surface area contributed by atoms with E-state index < -0.39 is 0 Å². The first kappa shape index (κ1) is 16.8. The molecular weight excluding hydrogens is 294 g/mol. The zero-order chi connectivity index (χ0) is 16.8. The molecule has 1 amide bonds. The predicted molar refractivity (Wildman–Crippen MR) is 98.9 cm³/mol. The van der Waals surface area contributed by atoms with E-state index in [4.69, 9.17) is 0 Å². The van der Waals surface area contributed by atoms with E-state index in [2.05, 4.69) is 60.8 Å². The molecule has 0 heterocycles. The number of rotatable bonds is 5. The third kappa shape index (κ3) is 4.05. The van der Waals surface area contributed by atoms with Crippen LogP contribution < -0.4 is 5.32 Å². The lowest BCUT2D eigenvalue weighted by Gasteiger charge is -2.29. The number of amides is 1. The van der Waals surface area contributed by atoms with Gasteiger partial charge in [-0.2, -0.15) is 0 Å². The molecule has 0 radical (unpaired) electrons. The van der Waals surface area contributed by atoms with Crippen molar-refractivity contribution in [3.63, 3.8) is 0 Å². The Hall–Kier alpha value is -2.09. The minimum atomic E-state index is 0.0734. The fraction of sp³-hybridized carbons (Fsp3) is 0.409. The second kappa shape index (κ2) is 8.14. The van der Waals surface area contributed by atoms with E-state index in [0.717, 1.165) is 12.8 Å². The van der Waals surface area contributed by atoms with E-state index in [0.29, 0.717) is 0 Å². The van der Waals surface area contributed by atoms with Crippen LogP contribution in [0.1, 0.15) is 56.1 Å². The van der Waals surface area contributed by atoms with Gasteiger partial charge < -0.3 is 5.32 Å². The monoisotopic (exact) mass is 321 g/mol. The van der Waals surface area contributed by atoms with Crippen molar-refractivity contribution in [2.75, 3.05) is 0 Å². The van der Waals surface area contributed by atoms with Crippen LogP contribution in [0.15, 0.2) is 60.7 Å². The molecule has 0 saturated heterocycles. The molecular formula is C22H27NO. The molecule has 0 aromatic heterocycles. The summed E-state index contributed by atoms with van der Waals surface area (Å²) in [6, 6.07) is 21.0. The highest BCUT2D eigenvalue weighted by molar-refractivity contribution is 5.79. The molecule has 0 aliphatic heterocycles. The van der Waals surface area contributed by atoms with Gasteiger partial charge in [-0.05, 0) is 30.9 Å². The fourth-order valence-electron chi connectivity index (χ4n) is 3.88. The normalized spacial score (nSPS) is 16.8. The van der Waals surface area contributed by atoms with Crippen LogP contribution in [0.2, 0.25) is 0 Å². The summed E-state index contributed by atoms with van der Waals surface area (Å²) in [5.74, 6) is 0.618. The second-order valence-corrected chi connectivity index (χ2v) is 6.93. The fourth-order valence-corrected chi connectivity index (χ4v) is 3.88. The number of benzene rings is 2. The maximum atomic E-state index is 12.7. The molecule has 1 saturated carbocycles.